The van der Waals surface area contributed by atoms with Gasteiger partial charge in [-0.15, -0.1) is 0 Å². The van der Waals surface area contributed by atoms with Crippen LogP contribution in [0.25, 0.3) is 0 Å². The number of carbonyl (C=O) groups excluding carboxylic acids is 2. The molecular formula is C26H28FN3O4S. The van der Waals surface area contributed by atoms with Gasteiger partial charge in [-0.2, -0.15) is 0 Å². The summed E-state index contributed by atoms with van der Waals surface area (Å²) in [6.45, 7) is 2.76. The number of hydrogen-bond acceptors (Lipinski definition) is 4. The average molecular weight is 498 g/mol. The van der Waals surface area contributed by atoms with E-state index in [2.05, 4.69) is 5.32 Å². The maximum absolute atomic E-state index is 14.8. The molecule has 35 heavy (non-hydrogen) atoms. The van der Waals surface area contributed by atoms with Gasteiger partial charge in [0.15, 0.2) is 0 Å². The zero-order valence-electron chi connectivity index (χ0n) is 19.8. The Morgan fingerprint density at radius 1 is 0.943 bits per heavy atom. The molecule has 0 bridgehead atoms. The summed E-state index contributed by atoms with van der Waals surface area (Å²) in [7, 11) is -2.85. The van der Waals surface area contributed by atoms with Crippen LogP contribution in [0.2, 0.25) is 0 Å². The van der Waals surface area contributed by atoms with Crippen LogP contribution in [0.1, 0.15) is 18.1 Å². The first-order chi connectivity index (χ1) is 16.6. The van der Waals surface area contributed by atoms with Gasteiger partial charge in [0, 0.05) is 13.6 Å². The normalized spacial score (nSPS) is 12.0. The van der Waals surface area contributed by atoms with Crippen molar-refractivity contribution < 1.29 is 22.4 Å². The number of amides is 2. The first-order valence-electron chi connectivity index (χ1n) is 11.0. The lowest BCUT2D eigenvalue weighted by Gasteiger charge is -2.31. The molecule has 1 N–H and O–H groups in total. The molecule has 9 heteroatoms. The number of para-hydroxylation sites is 1. The molecule has 3 aromatic rings. The lowest BCUT2D eigenvalue weighted by Crippen LogP contribution is -2.50. The van der Waals surface area contributed by atoms with Gasteiger partial charge in [-0.05, 0) is 43.7 Å². The van der Waals surface area contributed by atoms with E-state index in [-0.39, 0.29) is 17.1 Å². The summed E-state index contributed by atoms with van der Waals surface area (Å²) < 4.78 is 42.7. The van der Waals surface area contributed by atoms with E-state index in [0.717, 1.165) is 21.5 Å². The van der Waals surface area contributed by atoms with Crippen LogP contribution in [0.3, 0.4) is 0 Å². The topological polar surface area (TPSA) is 86.8 Å². The van der Waals surface area contributed by atoms with E-state index in [1.54, 1.807) is 43.3 Å². The fourth-order valence-electron chi connectivity index (χ4n) is 3.58. The maximum Gasteiger partial charge on any atom is 0.264 e. The monoisotopic (exact) mass is 497 g/mol. The third kappa shape index (κ3) is 6.05. The molecule has 0 spiro atoms. The molecule has 7 nitrogen and oxygen atoms in total. The van der Waals surface area contributed by atoms with E-state index in [4.69, 9.17) is 0 Å². The molecule has 0 heterocycles. The molecule has 3 rings (SSSR count). The summed E-state index contributed by atoms with van der Waals surface area (Å²) in [5, 5.41) is 2.52. The molecule has 184 valence electrons. The van der Waals surface area contributed by atoms with E-state index in [1.165, 1.54) is 42.3 Å². The van der Waals surface area contributed by atoms with Gasteiger partial charge in [-0.1, -0.05) is 60.2 Å². The van der Waals surface area contributed by atoms with Crippen LogP contribution in [0.5, 0.6) is 0 Å². The molecule has 0 aliphatic rings. The second kappa shape index (κ2) is 11.1. The smallest absolute Gasteiger partial charge is 0.264 e. The van der Waals surface area contributed by atoms with Crippen molar-refractivity contribution in [2.24, 2.45) is 0 Å². The number of hydrogen-bond donors (Lipinski definition) is 1. The number of nitrogens with zero attached hydrogens (tertiary/aromatic N) is 2. The minimum absolute atomic E-state index is 0.0734. The molecule has 1 unspecified atom stereocenters. The Morgan fingerprint density at radius 2 is 1.54 bits per heavy atom. The quantitative estimate of drug-likeness (QED) is 0.490. The highest BCUT2D eigenvalue weighted by Gasteiger charge is 2.33. The third-order valence-electron chi connectivity index (χ3n) is 5.62. The molecule has 1 atom stereocenters. The van der Waals surface area contributed by atoms with E-state index in [0.29, 0.717) is 0 Å². The summed E-state index contributed by atoms with van der Waals surface area (Å²) in [6, 6.07) is 19.6. The lowest BCUT2D eigenvalue weighted by molar-refractivity contribution is -0.139. The first-order valence-corrected chi connectivity index (χ1v) is 12.5. The summed E-state index contributed by atoms with van der Waals surface area (Å²) in [4.78, 5) is 27.2. The third-order valence-corrected chi connectivity index (χ3v) is 7.39. The van der Waals surface area contributed by atoms with Crippen molar-refractivity contribution in [3.8, 4) is 0 Å². The number of benzene rings is 3. The largest absolute Gasteiger partial charge is 0.357 e. The summed E-state index contributed by atoms with van der Waals surface area (Å²) in [5.41, 5.74) is 1.36. The molecule has 0 aliphatic carbocycles. The molecule has 0 saturated carbocycles. The zero-order valence-corrected chi connectivity index (χ0v) is 20.6. The predicted molar refractivity (Wildman–Crippen MR) is 133 cm³/mol. The first kappa shape index (κ1) is 25.9. The van der Waals surface area contributed by atoms with Gasteiger partial charge in [-0.3, -0.25) is 13.9 Å². The van der Waals surface area contributed by atoms with Gasteiger partial charge in [-0.25, -0.2) is 12.8 Å². The van der Waals surface area contributed by atoms with Gasteiger partial charge < -0.3 is 10.2 Å². The van der Waals surface area contributed by atoms with Gasteiger partial charge in [0.2, 0.25) is 11.8 Å². The SMILES string of the molecule is CNC(=O)C(C)N(Cc1ccccc1)C(=O)CN(c1ccccc1F)S(=O)(=O)c1ccc(C)cc1. The van der Waals surface area contributed by atoms with Crippen molar-refractivity contribution in [2.45, 2.75) is 31.3 Å². The number of rotatable bonds is 9. The number of nitrogens with one attached hydrogen (secondary N) is 1. The second-order valence-corrected chi connectivity index (χ2v) is 9.94. The Kier molecular flexibility index (Phi) is 8.24. The molecule has 2 amide bonds. The Bertz CT molecular complexity index is 1280. The van der Waals surface area contributed by atoms with Crippen LogP contribution in [0.15, 0.2) is 83.8 Å². The second-order valence-electron chi connectivity index (χ2n) is 8.07. The minimum Gasteiger partial charge on any atom is -0.357 e. The number of likely N-dealkylation sites (N-methyl/N-ethyl adjacent to an activating group) is 1. The van der Waals surface area contributed by atoms with E-state index in [1.807, 2.05) is 13.0 Å². The number of carbonyl (C=O) groups is 2. The predicted octanol–water partition coefficient (Wildman–Crippen LogP) is 3.49. The number of anilines is 1. The number of aryl methyl sites for hydroxylation is 1. The van der Waals surface area contributed by atoms with Crippen LogP contribution in [-0.4, -0.2) is 44.8 Å². The fraction of sp³-hybridized carbons (Fsp3) is 0.231. The Hall–Kier alpha value is -3.72. The van der Waals surface area contributed by atoms with Crippen molar-refractivity contribution in [3.05, 3.63) is 95.8 Å². The zero-order chi connectivity index (χ0) is 25.6. The van der Waals surface area contributed by atoms with E-state index in [9.17, 15) is 22.4 Å². The molecule has 0 radical (unpaired) electrons. The highest BCUT2D eigenvalue weighted by molar-refractivity contribution is 7.92. The number of sulfonamides is 1. The standard InChI is InChI=1S/C26H28FN3O4S/c1-19-13-15-22(16-14-19)35(33,34)30(24-12-8-7-11-23(24)27)18-25(31)29(20(2)26(32)28-3)17-21-9-5-4-6-10-21/h4-16,20H,17-18H2,1-3H3,(H,28,32). The van der Waals surface area contributed by atoms with Crippen LogP contribution in [0, 0.1) is 12.7 Å². The van der Waals surface area contributed by atoms with Gasteiger partial charge in [0.05, 0.1) is 10.6 Å². The molecular weight excluding hydrogens is 469 g/mol. The van der Waals surface area contributed by atoms with E-state index >= 15 is 0 Å². The summed E-state index contributed by atoms with van der Waals surface area (Å²) >= 11 is 0. The van der Waals surface area contributed by atoms with Crippen LogP contribution >= 0.6 is 0 Å². The highest BCUT2D eigenvalue weighted by Crippen LogP contribution is 2.27. The van der Waals surface area contributed by atoms with Crippen molar-refractivity contribution in [3.63, 3.8) is 0 Å². The van der Waals surface area contributed by atoms with Crippen LogP contribution < -0.4 is 9.62 Å². The van der Waals surface area contributed by atoms with Crippen molar-refractivity contribution >= 4 is 27.5 Å². The van der Waals surface area contributed by atoms with Gasteiger partial charge in [0.1, 0.15) is 18.4 Å². The highest BCUT2D eigenvalue weighted by atomic mass is 32.2. The van der Waals surface area contributed by atoms with Crippen molar-refractivity contribution in [1.82, 2.24) is 10.2 Å². The summed E-state index contributed by atoms with van der Waals surface area (Å²) in [6.07, 6.45) is 0. The van der Waals surface area contributed by atoms with Gasteiger partial charge in [0.25, 0.3) is 10.0 Å². The van der Waals surface area contributed by atoms with E-state index < -0.39 is 40.2 Å². The summed E-state index contributed by atoms with van der Waals surface area (Å²) in [5.74, 6) is -1.85. The fourth-order valence-corrected chi connectivity index (χ4v) is 5.00. The van der Waals surface area contributed by atoms with Crippen LogP contribution in [-0.2, 0) is 26.2 Å². The van der Waals surface area contributed by atoms with Crippen molar-refractivity contribution in [1.29, 1.82) is 0 Å². The lowest BCUT2D eigenvalue weighted by atomic mass is 10.1. The Morgan fingerprint density at radius 3 is 2.14 bits per heavy atom. The molecule has 0 aliphatic heterocycles. The van der Waals surface area contributed by atoms with Crippen molar-refractivity contribution in [2.75, 3.05) is 17.9 Å². The maximum atomic E-state index is 14.8. The Balaban J connectivity index is 2.04. The molecule has 3 aromatic carbocycles. The van der Waals surface area contributed by atoms with Gasteiger partial charge >= 0.3 is 0 Å². The number of halogens is 1. The minimum atomic E-state index is -4.30. The molecule has 0 saturated heterocycles. The molecule has 0 aromatic heterocycles. The molecule has 0 fully saturated rings. The average Bonchev–Trinajstić information content (AvgIpc) is 2.86. The Labute approximate surface area is 205 Å². The van der Waals surface area contributed by atoms with Crippen LogP contribution in [0.4, 0.5) is 10.1 Å².